The Bertz CT molecular complexity index is 1080. The number of rotatable bonds is 10. The molecule has 0 bridgehead atoms. The number of carboxylic acid groups (broad SMARTS) is 1. The standard InChI is InChI=1S/C22H24BrN5O6/c23-14-3-1-13(2-4-14)19(30)28-17(21(32)33)12-27-20(31)16-6-5-15(11-18(16)29)34-10-9-26-22-24-7-8-25-22/h1-6,11,17,29H,7-10,12H2,(H,27,31)(H,28,30)(H,32,33)(H2,24,25,26)/t17-/m0/s1. The van der Waals surface area contributed by atoms with Gasteiger partial charge in [0.25, 0.3) is 11.8 Å². The number of aliphatic imine (C=N–C) groups is 1. The topological polar surface area (TPSA) is 161 Å². The number of aromatic hydroxyl groups is 1. The zero-order valence-corrected chi connectivity index (χ0v) is 19.6. The van der Waals surface area contributed by atoms with E-state index in [0.717, 1.165) is 17.6 Å². The minimum absolute atomic E-state index is 0.0571. The molecule has 1 heterocycles. The molecule has 6 N–H and O–H groups in total. The summed E-state index contributed by atoms with van der Waals surface area (Å²) in [7, 11) is 0. The molecule has 0 fully saturated rings. The molecular weight excluding hydrogens is 510 g/mol. The highest BCUT2D eigenvalue weighted by Gasteiger charge is 2.22. The van der Waals surface area contributed by atoms with Gasteiger partial charge in [0.05, 0.1) is 18.7 Å². The molecule has 34 heavy (non-hydrogen) atoms. The number of carboxylic acids is 1. The predicted octanol–water partition coefficient (Wildman–Crippen LogP) is 0.695. The Hall–Kier alpha value is -3.80. The summed E-state index contributed by atoms with van der Waals surface area (Å²) in [5.74, 6) is -1.85. The van der Waals surface area contributed by atoms with E-state index < -0.39 is 23.8 Å². The summed E-state index contributed by atoms with van der Waals surface area (Å²) >= 11 is 3.26. The van der Waals surface area contributed by atoms with E-state index in [2.05, 4.69) is 42.2 Å². The lowest BCUT2D eigenvalue weighted by atomic mass is 10.1. The van der Waals surface area contributed by atoms with Crippen molar-refractivity contribution in [2.45, 2.75) is 6.04 Å². The average molecular weight is 534 g/mol. The van der Waals surface area contributed by atoms with Crippen LogP contribution in [0.5, 0.6) is 11.5 Å². The Morgan fingerprint density at radius 1 is 1.15 bits per heavy atom. The Labute approximate surface area is 203 Å². The molecule has 0 radical (unpaired) electrons. The maximum absolute atomic E-state index is 12.5. The molecule has 1 atom stereocenters. The predicted molar refractivity (Wildman–Crippen MR) is 127 cm³/mol. The van der Waals surface area contributed by atoms with Gasteiger partial charge in [-0.05, 0) is 36.4 Å². The van der Waals surface area contributed by atoms with E-state index in [1.54, 1.807) is 12.1 Å². The number of aliphatic carboxylic acids is 1. The van der Waals surface area contributed by atoms with Crippen LogP contribution >= 0.6 is 15.9 Å². The van der Waals surface area contributed by atoms with Crippen molar-refractivity contribution in [1.29, 1.82) is 0 Å². The summed E-state index contributed by atoms with van der Waals surface area (Å²) in [6.07, 6.45) is 0. The van der Waals surface area contributed by atoms with Crippen LogP contribution in [0.15, 0.2) is 51.9 Å². The number of phenols is 1. The maximum atomic E-state index is 12.5. The van der Waals surface area contributed by atoms with Gasteiger partial charge in [-0.1, -0.05) is 15.9 Å². The molecule has 0 saturated carbocycles. The number of guanidine groups is 1. The number of nitrogens with zero attached hydrogens (tertiary/aromatic N) is 1. The fraction of sp³-hybridized carbons (Fsp3) is 0.273. The lowest BCUT2D eigenvalue weighted by Crippen LogP contribution is -2.48. The number of benzene rings is 2. The number of nitrogens with one attached hydrogen (secondary N) is 4. The lowest BCUT2D eigenvalue weighted by Gasteiger charge is -2.16. The SMILES string of the molecule is O=C(N[C@@H](CNC(=O)c1ccc(OCCNC2=NCCN2)cc1O)C(=O)O)c1ccc(Br)cc1. The van der Waals surface area contributed by atoms with E-state index in [4.69, 9.17) is 4.74 Å². The molecule has 0 aromatic heterocycles. The van der Waals surface area contributed by atoms with Gasteiger partial charge in [-0.2, -0.15) is 0 Å². The quantitative estimate of drug-likeness (QED) is 0.243. The zero-order chi connectivity index (χ0) is 24.5. The molecule has 2 aromatic rings. The van der Waals surface area contributed by atoms with Crippen LogP contribution in [0.25, 0.3) is 0 Å². The number of ether oxygens (including phenoxy) is 1. The lowest BCUT2D eigenvalue weighted by molar-refractivity contribution is -0.139. The molecule has 0 unspecified atom stereocenters. The summed E-state index contributed by atoms with van der Waals surface area (Å²) in [6, 6.07) is 9.20. The van der Waals surface area contributed by atoms with Gasteiger partial charge in [0.2, 0.25) is 0 Å². The molecule has 0 aliphatic carbocycles. The van der Waals surface area contributed by atoms with E-state index in [0.29, 0.717) is 24.9 Å². The second kappa shape index (κ2) is 11.9. The van der Waals surface area contributed by atoms with Crippen molar-refractivity contribution in [2.75, 3.05) is 32.8 Å². The average Bonchev–Trinajstić information content (AvgIpc) is 3.33. The third kappa shape index (κ3) is 7.10. The van der Waals surface area contributed by atoms with Crippen LogP contribution in [-0.4, -0.2) is 72.8 Å². The van der Waals surface area contributed by atoms with E-state index in [1.165, 1.54) is 30.3 Å². The van der Waals surface area contributed by atoms with Crippen LogP contribution in [0.1, 0.15) is 20.7 Å². The molecule has 2 amide bonds. The number of carbonyl (C=O) groups excluding carboxylic acids is 2. The molecule has 3 rings (SSSR count). The molecule has 0 spiro atoms. The van der Waals surface area contributed by atoms with Gasteiger partial charge in [0, 0.05) is 29.2 Å². The minimum Gasteiger partial charge on any atom is -0.507 e. The Balaban J connectivity index is 1.50. The minimum atomic E-state index is -1.36. The van der Waals surface area contributed by atoms with Gasteiger partial charge in [-0.3, -0.25) is 14.6 Å². The Morgan fingerprint density at radius 3 is 2.56 bits per heavy atom. The number of halogens is 1. The maximum Gasteiger partial charge on any atom is 0.328 e. The molecule has 2 aromatic carbocycles. The van der Waals surface area contributed by atoms with Crippen LogP contribution in [0.4, 0.5) is 0 Å². The van der Waals surface area contributed by atoms with Gasteiger partial charge >= 0.3 is 5.97 Å². The van der Waals surface area contributed by atoms with Gasteiger partial charge < -0.3 is 36.2 Å². The van der Waals surface area contributed by atoms with Crippen molar-refractivity contribution >= 4 is 39.7 Å². The Morgan fingerprint density at radius 2 is 1.91 bits per heavy atom. The van der Waals surface area contributed by atoms with Crippen LogP contribution in [0.2, 0.25) is 0 Å². The molecule has 1 aliphatic rings. The first kappa shape index (κ1) is 24.8. The summed E-state index contributed by atoms with van der Waals surface area (Å²) in [4.78, 5) is 40.5. The second-order valence-corrected chi connectivity index (χ2v) is 8.11. The number of hydrogen-bond acceptors (Lipinski definition) is 8. The second-order valence-electron chi connectivity index (χ2n) is 7.19. The smallest absolute Gasteiger partial charge is 0.328 e. The van der Waals surface area contributed by atoms with Gasteiger partial charge in [0.15, 0.2) is 5.96 Å². The van der Waals surface area contributed by atoms with Crippen molar-refractivity contribution in [3.05, 3.63) is 58.1 Å². The summed E-state index contributed by atoms with van der Waals surface area (Å²) in [6.45, 7) is 1.95. The molecule has 0 saturated heterocycles. The highest BCUT2D eigenvalue weighted by molar-refractivity contribution is 9.10. The van der Waals surface area contributed by atoms with E-state index in [1.807, 2.05) is 0 Å². The van der Waals surface area contributed by atoms with Crippen molar-refractivity contribution in [3.63, 3.8) is 0 Å². The number of phenolic OH excluding ortho intramolecular Hbond substituents is 1. The van der Waals surface area contributed by atoms with Crippen molar-refractivity contribution in [2.24, 2.45) is 4.99 Å². The van der Waals surface area contributed by atoms with Crippen LogP contribution in [-0.2, 0) is 4.79 Å². The van der Waals surface area contributed by atoms with E-state index in [-0.39, 0.29) is 23.4 Å². The first-order valence-corrected chi connectivity index (χ1v) is 11.2. The summed E-state index contributed by atoms with van der Waals surface area (Å²) < 4.78 is 6.31. The molecule has 1 aliphatic heterocycles. The Kier molecular flexibility index (Phi) is 8.68. The van der Waals surface area contributed by atoms with E-state index >= 15 is 0 Å². The monoisotopic (exact) mass is 533 g/mol. The highest BCUT2D eigenvalue weighted by Crippen LogP contribution is 2.23. The molecule has 180 valence electrons. The third-order valence-corrected chi connectivity index (χ3v) is 5.26. The first-order chi connectivity index (χ1) is 16.3. The highest BCUT2D eigenvalue weighted by atomic mass is 79.9. The zero-order valence-electron chi connectivity index (χ0n) is 18.0. The van der Waals surface area contributed by atoms with Gasteiger partial charge in [-0.25, -0.2) is 4.79 Å². The normalized spacial score (nSPS) is 13.3. The van der Waals surface area contributed by atoms with Crippen molar-refractivity contribution in [1.82, 2.24) is 21.3 Å². The first-order valence-electron chi connectivity index (χ1n) is 10.4. The molecule has 11 nitrogen and oxygen atoms in total. The largest absolute Gasteiger partial charge is 0.507 e. The fourth-order valence-electron chi connectivity index (χ4n) is 2.98. The fourth-order valence-corrected chi connectivity index (χ4v) is 3.25. The molecular formula is C22H24BrN5O6. The number of carbonyl (C=O) groups is 3. The van der Waals surface area contributed by atoms with Crippen LogP contribution in [0.3, 0.4) is 0 Å². The summed E-state index contributed by atoms with van der Waals surface area (Å²) in [5, 5.41) is 30.5. The van der Waals surface area contributed by atoms with Gasteiger partial charge in [0.1, 0.15) is 24.1 Å². The summed E-state index contributed by atoms with van der Waals surface area (Å²) in [5.41, 5.74) is 0.218. The third-order valence-electron chi connectivity index (χ3n) is 4.73. The van der Waals surface area contributed by atoms with Gasteiger partial charge in [-0.15, -0.1) is 0 Å². The molecule has 12 heteroatoms. The van der Waals surface area contributed by atoms with Crippen molar-refractivity contribution < 1.29 is 29.3 Å². The number of hydrogen-bond donors (Lipinski definition) is 6. The van der Waals surface area contributed by atoms with Crippen LogP contribution in [0, 0.1) is 0 Å². The van der Waals surface area contributed by atoms with E-state index in [9.17, 15) is 24.6 Å². The van der Waals surface area contributed by atoms with Crippen LogP contribution < -0.4 is 26.0 Å². The number of amides is 2. The van der Waals surface area contributed by atoms with Crippen molar-refractivity contribution in [3.8, 4) is 11.5 Å².